The molecule has 0 spiro atoms. The van der Waals surface area contributed by atoms with Crippen LogP contribution in [0.1, 0.15) is 46.1 Å². The quantitative estimate of drug-likeness (QED) is 0.900. The van der Waals surface area contributed by atoms with Crippen LogP contribution in [-0.4, -0.2) is 23.4 Å². The highest BCUT2D eigenvalue weighted by Crippen LogP contribution is 2.32. The van der Waals surface area contributed by atoms with Gasteiger partial charge in [-0.25, -0.2) is 0 Å². The molecule has 2 rings (SSSR count). The van der Waals surface area contributed by atoms with Gasteiger partial charge in [0.25, 0.3) is 5.91 Å². The fourth-order valence-corrected chi connectivity index (χ4v) is 2.57. The summed E-state index contributed by atoms with van der Waals surface area (Å²) >= 11 is 0. The molecular weight excluding hydrogens is 252 g/mol. The molecule has 1 aromatic rings. The van der Waals surface area contributed by atoms with Crippen LogP contribution in [0.25, 0.3) is 0 Å². The average molecular weight is 274 g/mol. The predicted octanol–water partition coefficient (Wildman–Crippen LogP) is 2.44. The van der Waals surface area contributed by atoms with E-state index in [1.54, 1.807) is 25.7 Å². The minimum Gasteiger partial charge on any atom is -0.340 e. The number of carbonyl (C=O) groups is 2. The summed E-state index contributed by atoms with van der Waals surface area (Å²) in [6.07, 6.45) is 0. The van der Waals surface area contributed by atoms with Crippen LogP contribution in [0.2, 0.25) is 0 Å². The zero-order valence-corrected chi connectivity index (χ0v) is 12.7. The summed E-state index contributed by atoms with van der Waals surface area (Å²) < 4.78 is 0. The minimum atomic E-state index is -0.867. The molecule has 0 radical (unpaired) electrons. The van der Waals surface area contributed by atoms with Crippen molar-refractivity contribution in [1.29, 1.82) is 0 Å². The first kappa shape index (κ1) is 14.6. The standard InChI is InChI=1S/C16H22N2O2/c1-10(2)12-8-6-7-9-13(12)18-11(3)14(19)17-16(4,5)15(18)20/h6-11H,1-5H3,(H,17,19). The molecule has 0 saturated carbocycles. The van der Waals surface area contributed by atoms with Gasteiger partial charge < -0.3 is 5.32 Å². The highest BCUT2D eigenvalue weighted by Gasteiger charge is 2.44. The number of nitrogens with zero attached hydrogens (tertiary/aromatic N) is 1. The van der Waals surface area contributed by atoms with Gasteiger partial charge in [-0.1, -0.05) is 32.0 Å². The predicted molar refractivity (Wildman–Crippen MR) is 79.7 cm³/mol. The van der Waals surface area contributed by atoms with Crippen LogP contribution in [0.15, 0.2) is 24.3 Å². The lowest BCUT2D eigenvalue weighted by molar-refractivity contribution is -0.136. The molecule has 2 amide bonds. The topological polar surface area (TPSA) is 49.4 Å². The summed E-state index contributed by atoms with van der Waals surface area (Å²) in [5, 5.41) is 2.77. The number of carbonyl (C=O) groups excluding carboxylic acids is 2. The third kappa shape index (κ3) is 2.30. The summed E-state index contributed by atoms with van der Waals surface area (Å²) in [5.41, 5.74) is 1.05. The first-order chi connectivity index (χ1) is 9.25. The van der Waals surface area contributed by atoms with Crippen molar-refractivity contribution in [2.24, 2.45) is 0 Å². The van der Waals surface area contributed by atoms with Crippen LogP contribution < -0.4 is 10.2 Å². The molecule has 4 heteroatoms. The maximum absolute atomic E-state index is 12.7. The van der Waals surface area contributed by atoms with E-state index in [1.165, 1.54) is 0 Å². The smallest absolute Gasteiger partial charge is 0.252 e. The summed E-state index contributed by atoms with van der Waals surface area (Å²) in [6.45, 7) is 9.42. The van der Waals surface area contributed by atoms with Gasteiger partial charge in [0.2, 0.25) is 5.91 Å². The van der Waals surface area contributed by atoms with Crippen molar-refractivity contribution >= 4 is 17.5 Å². The summed E-state index contributed by atoms with van der Waals surface area (Å²) in [5.74, 6) is 0.102. The van der Waals surface area contributed by atoms with E-state index in [0.29, 0.717) is 5.92 Å². The number of para-hydroxylation sites is 1. The Bertz CT molecular complexity index is 549. The molecule has 0 bridgehead atoms. The number of hydrogen-bond donors (Lipinski definition) is 1. The molecule has 1 unspecified atom stereocenters. The van der Waals surface area contributed by atoms with Crippen LogP contribution in [0.4, 0.5) is 5.69 Å². The largest absolute Gasteiger partial charge is 0.340 e. The Morgan fingerprint density at radius 2 is 1.80 bits per heavy atom. The van der Waals surface area contributed by atoms with E-state index >= 15 is 0 Å². The van der Waals surface area contributed by atoms with Gasteiger partial charge in [0.05, 0.1) is 0 Å². The van der Waals surface area contributed by atoms with Crippen molar-refractivity contribution in [1.82, 2.24) is 5.32 Å². The number of anilines is 1. The van der Waals surface area contributed by atoms with Gasteiger partial charge in [0.15, 0.2) is 0 Å². The molecule has 1 fully saturated rings. The Labute approximate surface area is 120 Å². The van der Waals surface area contributed by atoms with E-state index in [0.717, 1.165) is 11.3 Å². The number of amides is 2. The lowest BCUT2D eigenvalue weighted by Gasteiger charge is -2.42. The molecule has 4 nitrogen and oxygen atoms in total. The number of hydrogen-bond acceptors (Lipinski definition) is 2. The SMILES string of the molecule is CC(C)c1ccccc1N1C(=O)C(C)(C)NC(=O)C1C. The van der Waals surface area contributed by atoms with Crippen molar-refractivity contribution in [2.75, 3.05) is 4.90 Å². The average Bonchev–Trinajstić information content (AvgIpc) is 2.37. The van der Waals surface area contributed by atoms with E-state index in [4.69, 9.17) is 0 Å². The van der Waals surface area contributed by atoms with Gasteiger partial charge in [-0.15, -0.1) is 0 Å². The zero-order valence-electron chi connectivity index (χ0n) is 12.7. The van der Waals surface area contributed by atoms with Crippen LogP contribution >= 0.6 is 0 Å². The van der Waals surface area contributed by atoms with Crippen molar-refractivity contribution in [3.63, 3.8) is 0 Å². The van der Waals surface area contributed by atoms with E-state index in [-0.39, 0.29) is 11.8 Å². The zero-order chi connectivity index (χ0) is 15.1. The molecular formula is C16H22N2O2. The summed E-state index contributed by atoms with van der Waals surface area (Å²) in [4.78, 5) is 26.4. The van der Waals surface area contributed by atoms with Gasteiger partial charge in [-0.2, -0.15) is 0 Å². The fourth-order valence-electron chi connectivity index (χ4n) is 2.57. The van der Waals surface area contributed by atoms with Crippen LogP contribution in [-0.2, 0) is 9.59 Å². The summed E-state index contributed by atoms with van der Waals surface area (Å²) in [6, 6.07) is 7.30. The fraction of sp³-hybridized carbons (Fsp3) is 0.500. The van der Waals surface area contributed by atoms with Crippen molar-refractivity contribution in [3.05, 3.63) is 29.8 Å². The number of nitrogens with one attached hydrogen (secondary N) is 1. The second-order valence-corrected chi connectivity index (χ2v) is 6.18. The first-order valence-electron chi connectivity index (χ1n) is 7.00. The van der Waals surface area contributed by atoms with Crippen LogP contribution in [0.5, 0.6) is 0 Å². The van der Waals surface area contributed by atoms with Crippen molar-refractivity contribution in [3.8, 4) is 0 Å². The first-order valence-corrected chi connectivity index (χ1v) is 7.00. The van der Waals surface area contributed by atoms with Gasteiger partial charge in [0.1, 0.15) is 11.6 Å². The second kappa shape index (κ2) is 4.93. The number of benzene rings is 1. The second-order valence-electron chi connectivity index (χ2n) is 6.18. The lowest BCUT2D eigenvalue weighted by Crippen LogP contribution is -2.67. The van der Waals surface area contributed by atoms with Crippen molar-refractivity contribution in [2.45, 2.75) is 52.1 Å². The normalized spacial score (nSPS) is 22.1. The lowest BCUT2D eigenvalue weighted by atomic mass is 9.93. The molecule has 1 aliphatic rings. The maximum Gasteiger partial charge on any atom is 0.252 e. The number of rotatable bonds is 2. The molecule has 1 aromatic carbocycles. The molecule has 1 heterocycles. The van der Waals surface area contributed by atoms with Crippen LogP contribution in [0.3, 0.4) is 0 Å². The van der Waals surface area contributed by atoms with E-state index in [1.807, 2.05) is 24.3 Å². The monoisotopic (exact) mass is 274 g/mol. The molecule has 1 saturated heterocycles. The summed E-state index contributed by atoms with van der Waals surface area (Å²) in [7, 11) is 0. The Morgan fingerprint density at radius 1 is 1.20 bits per heavy atom. The third-order valence-electron chi connectivity index (χ3n) is 3.77. The minimum absolute atomic E-state index is 0.0716. The van der Waals surface area contributed by atoms with E-state index in [2.05, 4.69) is 19.2 Å². The molecule has 1 aliphatic heterocycles. The van der Waals surface area contributed by atoms with Gasteiger partial charge in [0, 0.05) is 5.69 Å². The van der Waals surface area contributed by atoms with E-state index in [9.17, 15) is 9.59 Å². The molecule has 20 heavy (non-hydrogen) atoms. The Kier molecular flexibility index (Phi) is 3.59. The molecule has 1 N–H and O–H groups in total. The Hall–Kier alpha value is -1.84. The Morgan fingerprint density at radius 3 is 2.40 bits per heavy atom. The van der Waals surface area contributed by atoms with Gasteiger partial charge in [-0.05, 0) is 38.3 Å². The Balaban J connectivity index is 2.54. The molecule has 0 aliphatic carbocycles. The highest BCUT2D eigenvalue weighted by molar-refractivity contribution is 6.10. The molecule has 0 aromatic heterocycles. The third-order valence-corrected chi connectivity index (χ3v) is 3.77. The maximum atomic E-state index is 12.7. The molecule has 108 valence electrons. The number of piperazine rings is 1. The van der Waals surface area contributed by atoms with E-state index < -0.39 is 11.6 Å². The van der Waals surface area contributed by atoms with Gasteiger partial charge >= 0.3 is 0 Å². The van der Waals surface area contributed by atoms with Gasteiger partial charge in [-0.3, -0.25) is 14.5 Å². The van der Waals surface area contributed by atoms with Crippen molar-refractivity contribution < 1.29 is 9.59 Å². The molecule has 1 atom stereocenters. The van der Waals surface area contributed by atoms with Crippen LogP contribution in [0, 0.1) is 0 Å². The highest BCUT2D eigenvalue weighted by atomic mass is 16.2.